The Morgan fingerprint density at radius 2 is 1.88 bits per heavy atom. The molecule has 1 aliphatic heterocycles. The normalized spacial score (nSPS) is 14.4. The van der Waals surface area contributed by atoms with Crippen molar-refractivity contribution in [3.63, 3.8) is 0 Å². The molecule has 1 fully saturated rings. The minimum Gasteiger partial charge on any atom is -0.378 e. The van der Waals surface area contributed by atoms with E-state index in [-0.39, 0.29) is 0 Å². The molecular formula is C26H27N7O. The smallest absolute Gasteiger partial charge is 0.163 e. The van der Waals surface area contributed by atoms with E-state index in [2.05, 4.69) is 75.8 Å². The van der Waals surface area contributed by atoms with Crippen molar-refractivity contribution in [1.29, 1.82) is 0 Å². The number of ether oxygens (including phenoxy) is 1. The fourth-order valence-electron chi connectivity index (χ4n) is 5.11. The third kappa shape index (κ3) is 3.25. The molecule has 0 atom stereocenters. The zero-order chi connectivity index (χ0) is 23.2. The molecule has 172 valence electrons. The second-order valence-corrected chi connectivity index (χ2v) is 8.69. The lowest BCUT2D eigenvalue weighted by Gasteiger charge is -2.29. The Kier molecular flexibility index (Phi) is 5.03. The number of nitrogens with one attached hydrogen (secondary N) is 1. The Labute approximate surface area is 197 Å². The summed E-state index contributed by atoms with van der Waals surface area (Å²) in [7, 11) is 0. The van der Waals surface area contributed by atoms with Crippen LogP contribution in [-0.2, 0) is 11.2 Å². The molecule has 8 heteroatoms. The highest BCUT2D eigenvalue weighted by atomic mass is 16.5. The van der Waals surface area contributed by atoms with Crippen molar-refractivity contribution in [2.45, 2.75) is 27.2 Å². The molecule has 4 heterocycles. The van der Waals surface area contributed by atoms with E-state index in [1.54, 1.807) is 6.33 Å². The van der Waals surface area contributed by atoms with Crippen LogP contribution in [0, 0.1) is 13.8 Å². The van der Waals surface area contributed by atoms with Crippen LogP contribution in [0.4, 0.5) is 5.69 Å². The lowest BCUT2D eigenvalue weighted by atomic mass is 10.0. The molecule has 0 aliphatic carbocycles. The molecule has 0 unspecified atom stereocenters. The van der Waals surface area contributed by atoms with E-state index in [1.165, 1.54) is 5.56 Å². The van der Waals surface area contributed by atoms with Gasteiger partial charge < -0.3 is 14.6 Å². The first-order valence-corrected chi connectivity index (χ1v) is 11.8. The number of aromatic nitrogens is 6. The number of anilines is 1. The van der Waals surface area contributed by atoms with Gasteiger partial charge in [-0.2, -0.15) is 0 Å². The van der Waals surface area contributed by atoms with Gasteiger partial charge in [-0.25, -0.2) is 4.98 Å². The van der Waals surface area contributed by atoms with Gasteiger partial charge in [0.25, 0.3) is 0 Å². The predicted molar refractivity (Wildman–Crippen MR) is 134 cm³/mol. The number of fused-ring (bicyclic) bond motifs is 2. The Morgan fingerprint density at radius 1 is 1.06 bits per heavy atom. The fraction of sp³-hybridized carbons (Fsp3) is 0.308. The summed E-state index contributed by atoms with van der Waals surface area (Å²) in [5.74, 6) is 1.65. The number of nitrogens with zero attached hydrogens (tertiary/aromatic N) is 6. The first kappa shape index (κ1) is 20.8. The number of aryl methyl sites for hydroxylation is 2. The number of hydrogen-bond acceptors (Lipinski definition) is 6. The fourth-order valence-corrected chi connectivity index (χ4v) is 5.11. The van der Waals surface area contributed by atoms with Gasteiger partial charge in [0, 0.05) is 35.4 Å². The van der Waals surface area contributed by atoms with Crippen LogP contribution in [0.25, 0.3) is 39.0 Å². The summed E-state index contributed by atoms with van der Waals surface area (Å²) >= 11 is 0. The van der Waals surface area contributed by atoms with E-state index >= 15 is 0 Å². The van der Waals surface area contributed by atoms with Crippen molar-refractivity contribution in [3.8, 4) is 17.1 Å². The van der Waals surface area contributed by atoms with E-state index < -0.39 is 0 Å². The second-order valence-electron chi connectivity index (χ2n) is 8.69. The van der Waals surface area contributed by atoms with Gasteiger partial charge in [-0.3, -0.25) is 9.55 Å². The van der Waals surface area contributed by atoms with Crippen molar-refractivity contribution in [3.05, 3.63) is 59.8 Å². The number of para-hydroxylation sites is 1. The van der Waals surface area contributed by atoms with E-state index in [0.717, 1.165) is 88.9 Å². The summed E-state index contributed by atoms with van der Waals surface area (Å²) in [5.41, 5.74) is 8.49. The van der Waals surface area contributed by atoms with Crippen LogP contribution < -0.4 is 4.90 Å². The minimum atomic E-state index is 0.719. The number of pyridine rings is 1. The number of morpholine rings is 1. The molecule has 3 aromatic heterocycles. The van der Waals surface area contributed by atoms with Crippen molar-refractivity contribution in [2.24, 2.45) is 0 Å². The zero-order valence-corrected chi connectivity index (χ0v) is 19.7. The molecule has 0 saturated carbocycles. The molecule has 0 radical (unpaired) electrons. The van der Waals surface area contributed by atoms with Crippen LogP contribution in [0.5, 0.6) is 0 Å². The van der Waals surface area contributed by atoms with Gasteiger partial charge in [-0.05, 0) is 44.0 Å². The lowest BCUT2D eigenvalue weighted by Crippen LogP contribution is -2.36. The Morgan fingerprint density at radius 3 is 2.65 bits per heavy atom. The topological polar surface area (TPSA) is 84.8 Å². The number of hydrogen-bond donors (Lipinski definition) is 1. The highest BCUT2D eigenvalue weighted by Crippen LogP contribution is 2.37. The maximum absolute atomic E-state index is 5.61. The van der Waals surface area contributed by atoms with Crippen molar-refractivity contribution < 1.29 is 4.74 Å². The molecule has 6 rings (SSSR count). The average molecular weight is 454 g/mol. The third-order valence-electron chi connectivity index (χ3n) is 6.71. The van der Waals surface area contributed by atoms with Crippen LogP contribution in [0.15, 0.2) is 42.7 Å². The molecule has 5 aromatic rings. The number of imidazole rings is 1. The van der Waals surface area contributed by atoms with Gasteiger partial charge in [0.15, 0.2) is 5.82 Å². The quantitative estimate of drug-likeness (QED) is 0.435. The van der Waals surface area contributed by atoms with Gasteiger partial charge in [0.2, 0.25) is 0 Å². The SMILES string of the molecule is CCc1c(C)nc2ccccc2c1-n1c(C)nc2c(-c3nnc[nH]3)cc(N3CCOCC3)cc21. The van der Waals surface area contributed by atoms with Gasteiger partial charge in [0.1, 0.15) is 17.7 Å². The molecule has 2 aromatic carbocycles. The Hall–Kier alpha value is -3.78. The standard InChI is InChI=1S/C26H27N7O/c1-4-19-16(2)29-22-8-6-5-7-20(22)25(19)33-17(3)30-24-21(26-27-15-28-31-26)13-18(14-23(24)33)32-9-11-34-12-10-32/h5-8,13-15H,4,9-12H2,1-3H3,(H,27,28,31). The largest absolute Gasteiger partial charge is 0.378 e. The summed E-state index contributed by atoms with van der Waals surface area (Å²) < 4.78 is 7.91. The maximum Gasteiger partial charge on any atom is 0.163 e. The van der Waals surface area contributed by atoms with Gasteiger partial charge in [-0.1, -0.05) is 25.1 Å². The van der Waals surface area contributed by atoms with E-state index in [0.29, 0.717) is 0 Å². The average Bonchev–Trinajstić information content (AvgIpc) is 3.51. The van der Waals surface area contributed by atoms with Crippen LogP contribution in [0.3, 0.4) is 0 Å². The van der Waals surface area contributed by atoms with Gasteiger partial charge in [-0.15, -0.1) is 10.2 Å². The molecule has 1 aliphatic rings. The van der Waals surface area contributed by atoms with Crippen molar-refractivity contribution in [1.82, 2.24) is 29.7 Å². The minimum absolute atomic E-state index is 0.719. The number of benzene rings is 2. The maximum atomic E-state index is 5.61. The number of H-pyrrole nitrogens is 1. The van der Waals surface area contributed by atoms with E-state index in [1.807, 2.05) is 6.07 Å². The summed E-state index contributed by atoms with van der Waals surface area (Å²) in [5, 5.41) is 9.49. The Balaban J connectivity index is 1.71. The third-order valence-corrected chi connectivity index (χ3v) is 6.71. The molecule has 0 bridgehead atoms. The molecule has 1 N–H and O–H groups in total. The first-order valence-electron chi connectivity index (χ1n) is 11.8. The van der Waals surface area contributed by atoms with Crippen molar-refractivity contribution >= 4 is 27.6 Å². The predicted octanol–water partition coefficient (Wildman–Crippen LogP) is 4.37. The second kappa shape index (κ2) is 8.22. The first-order chi connectivity index (χ1) is 16.7. The number of rotatable bonds is 4. The van der Waals surface area contributed by atoms with Crippen LogP contribution in [0.1, 0.15) is 24.0 Å². The molecular weight excluding hydrogens is 426 g/mol. The summed E-state index contributed by atoms with van der Waals surface area (Å²) in [6, 6.07) is 12.8. The van der Waals surface area contributed by atoms with Crippen LogP contribution in [-0.4, -0.2) is 56.0 Å². The molecule has 34 heavy (non-hydrogen) atoms. The van der Waals surface area contributed by atoms with Gasteiger partial charge >= 0.3 is 0 Å². The highest BCUT2D eigenvalue weighted by molar-refractivity contribution is 5.98. The van der Waals surface area contributed by atoms with Crippen LogP contribution in [0.2, 0.25) is 0 Å². The Bertz CT molecular complexity index is 1500. The molecule has 0 amide bonds. The highest BCUT2D eigenvalue weighted by Gasteiger charge is 2.23. The van der Waals surface area contributed by atoms with Crippen LogP contribution >= 0.6 is 0 Å². The van der Waals surface area contributed by atoms with E-state index in [4.69, 9.17) is 14.7 Å². The monoisotopic (exact) mass is 453 g/mol. The van der Waals surface area contributed by atoms with Crippen molar-refractivity contribution in [2.75, 3.05) is 31.2 Å². The zero-order valence-electron chi connectivity index (χ0n) is 19.7. The molecule has 0 spiro atoms. The molecule has 8 nitrogen and oxygen atoms in total. The summed E-state index contributed by atoms with van der Waals surface area (Å²) in [6.07, 6.45) is 2.50. The van der Waals surface area contributed by atoms with Gasteiger partial charge in [0.05, 0.1) is 29.9 Å². The molecule has 1 saturated heterocycles. The summed E-state index contributed by atoms with van der Waals surface area (Å²) in [4.78, 5) is 15.5. The lowest BCUT2D eigenvalue weighted by molar-refractivity contribution is 0.122. The number of aromatic amines is 1. The van der Waals surface area contributed by atoms with E-state index in [9.17, 15) is 0 Å². The summed E-state index contributed by atoms with van der Waals surface area (Å²) in [6.45, 7) is 9.52.